The highest BCUT2D eigenvalue weighted by atomic mass is 32.1. The van der Waals surface area contributed by atoms with Crippen molar-refractivity contribution in [3.8, 4) is 5.75 Å². The number of non-ortho nitro benzene ring substituents is 1. The Labute approximate surface area is 138 Å². The number of hydrogen-bond acceptors (Lipinski definition) is 6. The second-order valence-electron chi connectivity index (χ2n) is 5.80. The summed E-state index contributed by atoms with van der Waals surface area (Å²) in [6.07, 6.45) is 0.210. The van der Waals surface area contributed by atoms with Gasteiger partial charge in [-0.05, 0) is 6.07 Å². The molecule has 1 spiro atoms. The predicted molar refractivity (Wildman–Crippen MR) is 86.9 cm³/mol. The van der Waals surface area contributed by atoms with Crippen LogP contribution in [0.15, 0.2) is 18.2 Å². The van der Waals surface area contributed by atoms with Crippen LogP contribution in [0.5, 0.6) is 5.75 Å². The number of aliphatic hydroxyl groups is 1. The fraction of sp³-hybridized carbons (Fsp3) is 0.533. The average molecular weight is 338 g/mol. The molecule has 2 aliphatic rings. The summed E-state index contributed by atoms with van der Waals surface area (Å²) in [7, 11) is 1.68. The normalized spacial score (nSPS) is 25.3. The van der Waals surface area contributed by atoms with E-state index in [9.17, 15) is 15.2 Å². The van der Waals surface area contributed by atoms with Crippen molar-refractivity contribution in [3.63, 3.8) is 0 Å². The second kappa shape index (κ2) is 6.03. The first kappa shape index (κ1) is 16.1. The van der Waals surface area contributed by atoms with Gasteiger partial charge < -0.3 is 19.9 Å². The van der Waals surface area contributed by atoms with Gasteiger partial charge in [-0.15, -0.1) is 0 Å². The molecule has 23 heavy (non-hydrogen) atoms. The minimum Gasteiger partial charge on any atom is -0.484 e. The van der Waals surface area contributed by atoms with Gasteiger partial charge in [-0.3, -0.25) is 10.1 Å². The Morgan fingerprint density at radius 2 is 2.17 bits per heavy atom. The Hall–Kier alpha value is -1.77. The Kier molecular flexibility index (Phi) is 4.22. The number of aliphatic hydroxyl groups excluding tert-OH is 1. The molecule has 1 aromatic rings. The molecule has 2 heterocycles. The molecule has 1 fully saturated rings. The third-order valence-corrected chi connectivity index (χ3v) is 5.03. The first-order valence-corrected chi connectivity index (χ1v) is 7.84. The van der Waals surface area contributed by atoms with E-state index in [1.807, 2.05) is 0 Å². The monoisotopic (exact) mass is 338 g/mol. The summed E-state index contributed by atoms with van der Waals surface area (Å²) in [4.78, 5) is 11.0. The molecule has 0 saturated carbocycles. The van der Waals surface area contributed by atoms with Crippen molar-refractivity contribution in [2.24, 2.45) is 0 Å². The lowest BCUT2D eigenvalue weighted by Crippen LogP contribution is -2.58. The Balaban J connectivity index is 2.10. The van der Waals surface area contributed by atoms with Crippen molar-refractivity contribution in [2.45, 2.75) is 30.5 Å². The molecule has 2 atom stereocenters. The van der Waals surface area contributed by atoms with Crippen LogP contribution in [0.2, 0.25) is 0 Å². The lowest BCUT2D eigenvalue weighted by atomic mass is 9.75. The van der Waals surface area contributed by atoms with Crippen LogP contribution < -0.4 is 10.1 Å². The summed E-state index contributed by atoms with van der Waals surface area (Å²) in [6, 6.07) is 4.42. The Morgan fingerprint density at radius 1 is 1.48 bits per heavy atom. The molecule has 8 heteroatoms. The number of benzene rings is 1. The molecule has 124 valence electrons. The highest BCUT2D eigenvalue weighted by Gasteiger charge is 2.51. The standard InChI is InChI=1S/C15H18N2O5S/c1-16-14(23)12-10-8-9(17(19)20)2-3-11(10)22-15(13(12)18)4-6-21-7-5-15/h2-3,8,12-13,18H,4-7H2,1H3,(H,16,23). The van der Waals surface area contributed by atoms with Gasteiger partial charge in [0.2, 0.25) is 0 Å². The summed E-state index contributed by atoms with van der Waals surface area (Å²) in [6.45, 7) is 0.997. The van der Waals surface area contributed by atoms with Crippen LogP contribution in [-0.4, -0.2) is 47.0 Å². The highest BCUT2D eigenvalue weighted by Crippen LogP contribution is 2.46. The van der Waals surface area contributed by atoms with Crippen LogP contribution in [0.3, 0.4) is 0 Å². The Bertz CT molecular complexity index is 645. The van der Waals surface area contributed by atoms with Crippen LogP contribution >= 0.6 is 12.2 Å². The van der Waals surface area contributed by atoms with Crippen LogP contribution in [-0.2, 0) is 4.74 Å². The van der Waals surface area contributed by atoms with E-state index in [0.29, 0.717) is 42.4 Å². The van der Waals surface area contributed by atoms with E-state index in [0.717, 1.165) is 0 Å². The van der Waals surface area contributed by atoms with E-state index in [1.165, 1.54) is 12.1 Å². The van der Waals surface area contributed by atoms with Gasteiger partial charge in [0.1, 0.15) is 17.5 Å². The largest absolute Gasteiger partial charge is 0.484 e. The topological polar surface area (TPSA) is 93.9 Å². The molecule has 3 rings (SSSR count). The summed E-state index contributed by atoms with van der Waals surface area (Å²) >= 11 is 5.36. The van der Waals surface area contributed by atoms with Crippen molar-refractivity contribution in [3.05, 3.63) is 33.9 Å². The number of nitro groups is 1. The zero-order chi connectivity index (χ0) is 16.6. The van der Waals surface area contributed by atoms with Gasteiger partial charge >= 0.3 is 0 Å². The van der Waals surface area contributed by atoms with Crippen molar-refractivity contribution in [2.75, 3.05) is 20.3 Å². The van der Waals surface area contributed by atoms with Gasteiger partial charge in [0, 0.05) is 37.6 Å². The van der Waals surface area contributed by atoms with Gasteiger partial charge in [-0.25, -0.2) is 0 Å². The molecule has 0 aromatic heterocycles. The number of fused-ring (bicyclic) bond motifs is 1. The smallest absolute Gasteiger partial charge is 0.269 e. The van der Waals surface area contributed by atoms with Gasteiger partial charge in [-0.2, -0.15) is 0 Å². The number of likely N-dealkylation sites (N-methyl/N-ethyl adjacent to an activating group) is 1. The van der Waals surface area contributed by atoms with E-state index in [-0.39, 0.29) is 5.69 Å². The number of rotatable bonds is 2. The van der Waals surface area contributed by atoms with Crippen molar-refractivity contribution in [1.29, 1.82) is 0 Å². The molecule has 2 N–H and O–H groups in total. The maximum atomic E-state index is 11.0. The second-order valence-corrected chi connectivity index (χ2v) is 6.24. The number of nitrogens with zero attached hydrogens (tertiary/aromatic N) is 1. The van der Waals surface area contributed by atoms with E-state index in [1.54, 1.807) is 13.1 Å². The van der Waals surface area contributed by atoms with Gasteiger partial charge in [0.25, 0.3) is 5.69 Å². The fourth-order valence-electron chi connectivity index (χ4n) is 3.29. The third-order valence-electron chi connectivity index (χ3n) is 4.58. The number of hydrogen-bond donors (Lipinski definition) is 2. The molecule has 0 amide bonds. The zero-order valence-corrected chi connectivity index (χ0v) is 13.5. The van der Waals surface area contributed by atoms with Crippen molar-refractivity contribution >= 4 is 22.9 Å². The zero-order valence-electron chi connectivity index (χ0n) is 12.7. The quantitative estimate of drug-likeness (QED) is 0.480. The van der Waals surface area contributed by atoms with Gasteiger partial charge in [0.15, 0.2) is 0 Å². The summed E-state index contributed by atoms with van der Waals surface area (Å²) in [5, 5.41) is 24.9. The molecule has 2 unspecified atom stereocenters. The number of ether oxygens (including phenoxy) is 2. The maximum Gasteiger partial charge on any atom is 0.269 e. The molecule has 2 aliphatic heterocycles. The van der Waals surface area contributed by atoms with Crippen molar-refractivity contribution < 1.29 is 19.5 Å². The van der Waals surface area contributed by atoms with E-state index in [2.05, 4.69) is 5.32 Å². The van der Waals surface area contributed by atoms with E-state index >= 15 is 0 Å². The van der Waals surface area contributed by atoms with Gasteiger partial charge in [0.05, 0.1) is 29.0 Å². The number of thiocarbonyl (C=S) groups is 1. The lowest BCUT2D eigenvalue weighted by molar-refractivity contribution is -0.385. The van der Waals surface area contributed by atoms with E-state index < -0.39 is 22.5 Å². The minimum absolute atomic E-state index is 0.0496. The molecule has 1 saturated heterocycles. The predicted octanol–water partition coefficient (Wildman–Crippen LogP) is 1.53. The summed E-state index contributed by atoms with van der Waals surface area (Å²) < 4.78 is 11.5. The van der Waals surface area contributed by atoms with Crippen LogP contribution in [0, 0.1) is 10.1 Å². The minimum atomic E-state index is -0.888. The number of nitrogens with one attached hydrogen (secondary N) is 1. The van der Waals surface area contributed by atoms with Crippen LogP contribution in [0.1, 0.15) is 24.3 Å². The third kappa shape index (κ3) is 2.66. The molecular formula is C15H18N2O5S. The first-order valence-electron chi connectivity index (χ1n) is 7.43. The fourth-order valence-corrected chi connectivity index (χ4v) is 3.55. The van der Waals surface area contributed by atoms with E-state index in [4.69, 9.17) is 21.7 Å². The molecule has 0 bridgehead atoms. The summed E-state index contributed by atoms with van der Waals surface area (Å²) in [5.74, 6) is -0.0119. The molecule has 0 aliphatic carbocycles. The average Bonchev–Trinajstić information content (AvgIpc) is 2.56. The molecular weight excluding hydrogens is 320 g/mol. The molecule has 0 radical (unpaired) electrons. The Morgan fingerprint density at radius 3 is 2.78 bits per heavy atom. The molecule has 1 aromatic carbocycles. The van der Waals surface area contributed by atoms with Crippen LogP contribution in [0.4, 0.5) is 5.69 Å². The number of nitro benzene ring substituents is 1. The lowest BCUT2D eigenvalue weighted by Gasteiger charge is -2.47. The maximum absolute atomic E-state index is 11.0. The first-order chi connectivity index (χ1) is 11.0. The SMILES string of the molecule is CNC(=S)C1c2cc([N+](=O)[O-])ccc2OC2(CCOCC2)C1O. The summed E-state index contributed by atoms with van der Waals surface area (Å²) in [5.41, 5.74) is -0.276. The van der Waals surface area contributed by atoms with Crippen LogP contribution in [0.25, 0.3) is 0 Å². The van der Waals surface area contributed by atoms with Gasteiger partial charge in [-0.1, -0.05) is 12.2 Å². The molecule has 7 nitrogen and oxygen atoms in total. The highest BCUT2D eigenvalue weighted by molar-refractivity contribution is 7.80. The van der Waals surface area contributed by atoms with Crippen molar-refractivity contribution in [1.82, 2.24) is 5.32 Å².